The fourth-order valence-corrected chi connectivity index (χ4v) is 2.17. The van der Waals surface area contributed by atoms with Crippen LogP contribution in [-0.2, 0) is 4.79 Å². The number of piperazine rings is 1. The van der Waals surface area contributed by atoms with Gasteiger partial charge in [-0.25, -0.2) is 4.98 Å². The maximum atomic E-state index is 11.9. The number of β-amino-alcohol motifs (C(OH)–C–C–N with tert-alkyl or cyclic N) is 1. The van der Waals surface area contributed by atoms with E-state index in [1.165, 1.54) is 0 Å². The summed E-state index contributed by atoms with van der Waals surface area (Å²) in [7, 11) is 0. The molecule has 0 bridgehead atoms. The molecule has 1 aliphatic heterocycles. The lowest BCUT2D eigenvalue weighted by Crippen LogP contribution is -2.51. The number of rotatable bonds is 3. The van der Waals surface area contributed by atoms with Crippen LogP contribution in [0.5, 0.6) is 0 Å². The lowest BCUT2D eigenvalue weighted by molar-refractivity contribution is -0.121. The number of nitrogens with zero attached hydrogens (tertiary/aromatic N) is 3. The highest BCUT2D eigenvalue weighted by Crippen LogP contribution is 2.16. The molecule has 0 radical (unpaired) electrons. The number of carbonyl (C=O) groups excluding carboxylic acids is 1. The second-order valence-corrected chi connectivity index (χ2v) is 4.99. The molecule has 2 rings (SSSR count). The molecule has 1 amide bonds. The van der Waals surface area contributed by atoms with Crippen LogP contribution in [0.25, 0.3) is 0 Å². The van der Waals surface area contributed by atoms with Crippen molar-refractivity contribution >= 4 is 34.2 Å². The van der Waals surface area contributed by atoms with Gasteiger partial charge in [-0.3, -0.25) is 9.69 Å². The number of amides is 1. The maximum Gasteiger partial charge on any atom is 0.241 e. The predicted molar refractivity (Wildman–Crippen MR) is 72.8 cm³/mol. The van der Waals surface area contributed by atoms with E-state index in [1.807, 2.05) is 17.0 Å². The van der Waals surface area contributed by atoms with Gasteiger partial charge in [0.1, 0.15) is 3.70 Å². The molecular formula is C11H14IN3O2. The number of pyridine rings is 1. The van der Waals surface area contributed by atoms with Gasteiger partial charge in [0.05, 0.1) is 25.0 Å². The van der Waals surface area contributed by atoms with Crippen LogP contribution in [-0.4, -0.2) is 53.7 Å². The molecule has 0 spiro atoms. The standard InChI is InChI=1S/C11H14IN3O2/c12-10-2-1-9(7-13-10)15-4-3-14(5-6-16)8-11(15)17/h1-2,7,16H,3-6,8H2. The topological polar surface area (TPSA) is 56.7 Å². The van der Waals surface area contributed by atoms with Gasteiger partial charge >= 0.3 is 0 Å². The van der Waals surface area contributed by atoms with Crippen LogP contribution >= 0.6 is 22.6 Å². The predicted octanol–water partition coefficient (Wildman–Crippen LogP) is 0.327. The third-order valence-corrected chi connectivity index (χ3v) is 3.38. The number of carbonyl (C=O) groups is 1. The van der Waals surface area contributed by atoms with Gasteiger partial charge < -0.3 is 10.0 Å². The van der Waals surface area contributed by atoms with E-state index in [9.17, 15) is 4.79 Å². The van der Waals surface area contributed by atoms with Crippen LogP contribution < -0.4 is 4.90 Å². The molecule has 5 nitrogen and oxygen atoms in total. The van der Waals surface area contributed by atoms with E-state index in [4.69, 9.17) is 5.11 Å². The Morgan fingerprint density at radius 2 is 2.24 bits per heavy atom. The normalized spacial score (nSPS) is 17.5. The van der Waals surface area contributed by atoms with Gasteiger partial charge in [-0.05, 0) is 34.7 Å². The van der Waals surface area contributed by atoms with Crippen molar-refractivity contribution in [2.45, 2.75) is 0 Å². The minimum absolute atomic E-state index is 0.0627. The Balaban J connectivity index is 2.04. The third kappa shape index (κ3) is 3.14. The van der Waals surface area contributed by atoms with Crippen LogP contribution in [0.15, 0.2) is 18.3 Å². The monoisotopic (exact) mass is 347 g/mol. The number of hydrogen-bond donors (Lipinski definition) is 1. The summed E-state index contributed by atoms with van der Waals surface area (Å²) in [6.07, 6.45) is 1.72. The number of aliphatic hydroxyl groups excluding tert-OH is 1. The van der Waals surface area contributed by atoms with Gasteiger partial charge in [-0.2, -0.15) is 0 Å². The number of anilines is 1. The molecule has 0 saturated carbocycles. The highest BCUT2D eigenvalue weighted by molar-refractivity contribution is 14.1. The van der Waals surface area contributed by atoms with E-state index in [0.717, 1.165) is 15.9 Å². The molecule has 1 saturated heterocycles. The Bertz CT molecular complexity index is 396. The fraction of sp³-hybridized carbons (Fsp3) is 0.455. The lowest BCUT2D eigenvalue weighted by atomic mass is 10.2. The molecule has 92 valence electrons. The highest BCUT2D eigenvalue weighted by atomic mass is 127. The second-order valence-electron chi connectivity index (χ2n) is 3.88. The average molecular weight is 347 g/mol. The summed E-state index contributed by atoms with van der Waals surface area (Å²) in [5, 5.41) is 8.84. The largest absolute Gasteiger partial charge is 0.395 e. The Hall–Kier alpha value is -0.730. The van der Waals surface area contributed by atoms with Crippen LogP contribution in [0.2, 0.25) is 0 Å². The summed E-state index contributed by atoms with van der Waals surface area (Å²) in [4.78, 5) is 19.8. The molecule has 1 fully saturated rings. The Morgan fingerprint density at radius 1 is 1.41 bits per heavy atom. The van der Waals surface area contributed by atoms with Crippen LogP contribution in [0.4, 0.5) is 5.69 Å². The van der Waals surface area contributed by atoms with E-state index in [-0.39, 0.29) is 12.5 Å². The summed E-state index contributed by atoms with van der Waals surface area (Å²) in [6.45, 7) is 2.47. The fourth-order valence-electron chi connectivity index (χ4n) is 1.85. The van der Waals surface area contributed by atoms with Crippen molar-refractivity contribution in [2.75, 3.05) is 37.7 Å². The first-order valence-electron chi connectivity index (χ1n) is 5.46. The molecule has 6 heteroatoms. The number of aromatic nitrogens is 1. The molecule has 1 aromatic heterocycles. The minimum atomic E-state index is 0.0627. The van der Waals surface area contributed by atoms with Crippen molar-refractivity contribution in [3.63, 3.8) is 0 Å². The van der Waals surface area contributed by atoms with E-state index in [1.54, 1.807) is 11.1 Å². The smallest absolute Gasteiger partial charge is 0.241 e. The summed E-state index contributed by atoms with van der Waals surface area (Å²) < 4.78 is 0.915. The van der Waals surface area contributed by atoms with Crippen molar-refractivity contribution in [1.29, 1.82) is 0 Å². The maximum absolute atomic E-state index is 11.9. The first kappa shape index (κ1) is 12.7. The molecule has 0 aliphatic carbocycles. The minimum Gasteiger partial charge on any atom is -0.395 e. The quantitative estimate of drug-likeness (QED) is 0.633. The molecule has 1 aromatic rings. The molecule has 2 heterocycles. The van der Waals surface area contributed by atoms with Gasteiger partial charge in [0.2, 0.25) is 5.91 Å². The van der Waals surface area contributed by atoms with Gasteiger partial charge in [0.25, 0.3) is 0 Å². The third-order valence-electron chi connectivity index (χ3n) is 2.74. The summed E-state index contributed by atoms with van der Waals surface area (Å²) in [5.74, 6) is 0.0627. The van der Waals surface area contributed by atoms with E-state index < -0.39 is 0 Å². The number of aliphatic hydroxyl groups is 1. The van der Waals surface area contributed by atoms with Crippen molar-refractivity contribution < 1.29 is 9.90 Å². The molecule has 0 unspecified atom stereocenters. The zero-order chi connectivity index (χ0) is 12.3. The Labute approximate surface area is 114 Å². The van der Waals surface area contributed by atoms with E-state index in [0.29, 0.717) is 19.6 Å². The number of halogens is 1. The van der Waals surface area contributed by atoms with E-state index >= 15 is 0 Å². The summed E-state index contributed by atoms with van der Waals surface area (Å²) in [5.41, 5.74) is 0.846. The Morgan fingerprint density at radius 3 is 2.82 bits per heavy atom. The summed E-state index contributed by atoms with van der Waals surface area (Å²) >= 11 is 2.14. The van der Waals surface area contributed by atoms with E-state index in [2.05, 4.69) is 27.6 Å². The zero-order valence-corrected chi connectivity index (χ0v) is 11.5. The second kappa shape index (κ2) is 5.74. The Kier molecular flexibility index (Phi) is 4.30. The molecule has 0 atom stereocenters. The van der Waals surface area contributed by atoms with Gasteiger partial charge in [-0.1, -0.05) is 0 Å². The molecule has 17 heavy (non-hydrogen) atoms. The average Bonchev–Trinajstić information content (AvgIpc) is 2.31. The molecule has 1 N–H and O–H groups in total. The van der Waals surface area contributed by atoms with Gasteiger partial charge in [0, 0.05) is 19.6 Å². The van der Waals surface area contributed by atoms with Crippen LogP contribution in [0, 0.1) is 3.70 Å². The molecular weight excluding hydrogens is 333 g/mol. The van der Waals surface area contributed by atoms with Crippen molar-refractivity contribution in [3.05, 3.63) is 22.0 Å². The van der Waals surface area contributed by atoms with Gasteiger partial charge in [-0.15, -0.1) is 0 Å². The van der Waals surface area contributed by atoms with Gasteiger partial charge in [0.15, 0.2) is 0 Å². The lowest BCUT2D eigenvalue weighted by Gasteiger charge is -2.33. The SMILES string of the molecule is O=C1CN(CCO)CCN1c1ccc(I)nc1. The number of hydrogen-bond acceptors (Lipinski definition) is 4. The molecule has 1 aliphatic rings. The highest BCUT2D eigenvalue weighted by Gasteiger charge is 2.24. The molecule has 0 aromatic carbocycles. The van der Waals surface area contributed by atoms with Crippen molar-refractivity contribution in [3.8, 4) is 0 Å². The first-order chi connectivity index (χ1) is 8.20. The van der Waals surface area contributed by atoms with Crippen LogP contribution in [0.1, 0.15) is 0 Å². The van der Waals surface area contributed by atoms with Crippen molar-refractivity contribution in [1.82, 2.24) is 9.88 Å². The van der Waals surface area contributed by atoms with Crippen molar-refractivity contribution in [2.24, 2.45) is 0 Å². The summed E-state index contributed by atoms with van der Waals surface area (Å²) in [6, 6.07) is 3.80. The first-order valence-corrected chi connectivity index (χ1v) is 6.53. The zero-order valence-electron chi connectivity index (χ0n) is 9.34. The van der Waals surface area contributed by atoms with Crippen LogP contribution in [0.3, 0.4) is 0 Å².